The fourth-order valence-electron chi connectivity index (χ4n) is 1.38. The van der Waals surface area contributed by atoms with E-state index in [0.29, 0.717) is 5.75 Å². The number of esters is 1. The molecular weight excluding hydrogens is 255 g/mol. The predicted molar refractivity (Wildman–Crippen MR) is 67.7 cm³/mol. The average Bonchev–Trinajstić information content (AvgIpc) is 2.31. The van der Waals surface area contributed by atoms with Crippen LogP contribution in [0.2, 0.25) is 0 Å². The molecular formula is C12H17O5P. The molecule has 0 bridgehead atoms. The first-order valence-corrected chi connectivity index (χ1v) is 7.35. The molecule has 0 saturated carbocycles. The minimum atomic E-state index is -3.72. The molecule has 18 heavy (non-hydrogen) atoms. The Morgan fingerprint density at radius 3 is 2.67 bits per heavy atom. The average molecular weight is 272 g/mol. The van der Waals surface area contributed by atoms with Crippen LogP contribution in [-0.2, 0) is 14.1 Å². The van der Waals surface area contributed by atoms with Crippen LogP contribution in [0.5, 0.6) is 5.75 Å². The lowest BCUT2D eigenvalue weighted by atomic mass is 10.2. The van der Waals surface area contributed by atoms with Gasteiger partial charge < -0.3 is 14.2 Å². The summed E-state index contributed by atoms with van der Waals surface area (Å²) in [4.78, 5) is 20.5. The lowest BCUT2D eigenvalue weighted by molar-refractivity contribution is -0.140. The van der Waals surface area contributed by atoms with E-state index in [0.717, 1.165) is 5.56 Å². The first-order chi connectivity index (χ1) is 8.44. The zero-order chi connectivity index (χ0) is 13.6. The summed E-state index contributed by atoms with van der Waals surface area (Å²) in [5, 5.41) is 0. The Kier molecular flexibility index (Phi) is 5.38. The second-order valence-corrected chi connectivity index (χ2v) is 5.80. The highest BCUT2D eigenvalue weighted by molar-refractivity contribution is 7.53. The molecule has 6 heteroatoms. The van der Waals surface area contributed by atoms with Crippen LogP contribution < -0.4 is 4.52 Å². The molecule has 1 aromatic carbocycles. The van der Waals surface area contributed by atoms with Gasteiger partial charge in [0.2, 0.25) is 0 Å². The van der Waals surface area contributed by atoms with Gasteiger partial charge in [0.15, 0.2) is 0 Å². The van der Waals surface area contributed by atoms with Gasteiger partial charge in [-0.15, -0.1) is 0 Å². The summed E-state index contributed by atoms with van der Waals surface area (Å²) in [5.41, 5.74) is 0.791. The van der Waals surface area contributed by atoms with Gasteiger partial charge in [-0.3, -0.25) is 4.79 Å². The van der Waals surface area contributed by atoms with Gasteiger partial charge in [0.05, 0.1) is 13.3 Å². The third-order valence-electron chi connectivity index (χ3n) is 2.38. The highest BCUT2D eigenvalue weighted by atomic mass is 31.2. The summed E-state index contributed by atoms with van der Waals surface area (Å²) in [6.45, 7) is 1.80. The Morgan fingerprint density at radius 2 is 2.06 bits per heavy atom. The smallest absolute Gasteiger partial charge is 0.376 e. The molecule has 0 radical (unpaired) electrons. The highest BCUT2D eigenvalue weighted by Crippen LogP contribution is 2.44. The van der Waals surface area contributed by atoms with Crippen molar-refractivity contribution in [2.75, 3.05) is 13.3 Å². The van der Waals surface area contributed by atoms with E-state index in [9.17, 15) is 14.3 Å². The Labute approximate surface area is 106 Å². The highest BCUT2D eigenvalue weighted by Gasteiger charge is 2.21. The van der Waals surface area contributed by atoms with Gasteiger partial charge in [-0.05, 0) is 25.0 Å². The van der Waals surface area contributed by atoms with Crippen molar-refractivity contribution in [3.8, 4) is 5.75 Å². The molecule has 0 aromatic heterocycles. The number of rotatable bonds is 6. The van der Waals surface area contributed by atoms with Gasteiger partial charge in [-0.2, -0.15) is 0 Å². The Balaban J connectivity index is 2.52. The van der Waals surface area contributed by atoms with Crippen molar-refractivity contribution >= 4 is 13.6 Å². The molecule has 0 saturated heterocycles. The summed E-state index contributed by atoms with van der Waals surface area (Å²) in [7, 11) is -2.43. The van der Waals surface area contributed by atoms with Gasteiger partial charge in [0.1, 0.15) is 5.75 Å². The van der Waals surface area contributed by atoms with Crippen LogP contribution in [0.25, 0.3) is 0 Å². The number of carbonyl (C=O) groups is 1. The van der Waals surface area contributed by atoms with E-state index in [4.69, 9.17) is 4.52 Å². The maximum Gasteiger partial charge on any atom is 0.376 e. The second kappa shape index (κ2) is 6.57. The van der Waals surface area contributed by atoms with Crippen LogP contribution in [0.1, 0.15) is 18.4 Å². The van der Waals surface area contributed by atoms with E-state index in [2.05, 4.69) is 4.74 Å². The van der Waals surface area contributed by atoms with E-state index in [-0.39, 0.29) is 19.0 Å². The maximum atomic E-state index is 11.8. The van der Waals surface area contributed by atoms with Crippen molar-refractivity contribution in [3.63, 3.8) is 0 Å². The van der Waals surface area contributed by atoms with Gasteiger partial charge in [0.25, 0.3) is 0 Å². The van der Waals surface area contributed by atoms with Gasteiger partial charge in [-0.1, -0.05) is 18.2 Å². The number of aryl methyl sites for hydroxylation is 1. The van der Waals surface area contributed by atoms with Crippen LogP contribution in [0, 0.1) is 6.92 Å². The fourth-order valence-corrected chi connectivity index (χ4v) is 2.54. The largest absolute Gasteiger partial charge is 0.469 e. The number of hydrogen-bond acceptors (Lipinski definition) is 4. The first kappa shape index (κ1) is 14.7. The number of methoxy groups -OCH3 is 1. The van der Waals surface area contributed by atoms with Crippen molar-refractivity contribution in [3.05, 3.63) is 29.8 Å². The number of para-hydroxylation sites is 1. The predicted octanol–water partition coefficient (Wildman–Crippen LogP) is 2.51. The quantitative estimate of drug-likeness (QED) is 0.636. The molecule has 0 aliphatic rings. The maximum absolute atomic E-state index is 11.8. The Morgan fingerprint density at radius 1 is 1.39 bits per heavy atom. The zero-order valence-electron chi connectivity index (χ0n) is 10.5. The van der Waals surface area contributed by atoms with Crippen molar-refractivity contribution in [1.82, 2.24) is 0 Å². The number of ether oxygens (including phenoxy) is 1. The van der Waals surface area contributed by atoms with Crippen molar-refractivity contribution in [2.45, 2.75) is 19.8 Å². The van der Waals surface area contributed by atoms with Crippen molar-refractivity contribution < 1.29 is 23.5 Å². The van der Waals surface area contributed by atoms with E-state index < -0.39 is 13.6 Å². The van der Waals surface area contributed by atoms with Crippen LogP contribution in [0.15, 0.2) is 24.3 Å². The third kappa shape index (κ3) is 4.90. The molecule has 1 rings (SSSR count). The van der Waals surface area contributed by atoms with Crippen LogP contribution in [-0.4, -0.2) is 24.1 Å². The Bertz CT molecular complexity index is 458. The molecule has 0 amide bonds. The summed E-state index contributed by atoms with van der Waals surface area (Å²) in [6.07, 6.45) is 0.293. The molecule has 5 nitrogen and oxygen atoms in total. The summed E-state index contributed by atoms with van der Waals surface area (Å²) in [6, 6.07) is 6.99. The van der Waals surface area contributed by atoms with Crippen molar-refractivity contribution in [1.29, 1.82) is 0 Å². The molecule has 100 valence electrons. The fraction of sp³-hybridized carbons (Fsp3) is 0.417. The molecule has 0 aliphatic heterocycles. The van der Waals surface area contributed by atoms with Gasteiger partial charge >= 0.3 is 13.6 Å². The van der Waals surface area contributed by atoms with Crippen LogP contribution in [0.3, 0.4) is 0 Å². The zero-order valence-corrected chi connectivity index (χ0v) is 11.4. The lowest BCUT2D eigenvalue weighted by Gasteiger charge is -2.14. The van der Waals surface area contributed by atoms with Crippen LogP contribution in [0.4, 0.5) is 0 Å². The third-order valence-corrected chi connectivity index (χ3v) is 3.75. The van der Waals surface area contributed by atoms with E-state index in [1.807, 2.05) is 6.07 Å². The second-order valence-electron chi connectivity index (χ2n) is 3.90. The summed E-state index contributed by atoms with van der Waals surface area (Å²) < 4.78 is 21.3. The van der Waals surface area contributed by atoms with E-state index in [1.54, 1.807) is 25.1 Å². The molecule has 1 N–H and O–H groups in total. The topological polar surface area (TPSA) is 72.8 Å². The molecule has 0 heterocycles. The van der Waals surface area contributed by atoms with E-state index in [1.165, 1.54) is 7.11 Å². The lowest BCUT2D eigenvalue weighted by Crippen LogP contribution is -2.04. The summed E-state index contributed by atoms with van der Waals surface area (Å²) >= 11 is 0. The standard InChI is InChI=1S/C12H17O5P/c1-10-6-3-4-7-11(10)17-18(14,15)9-5-8-12(13)16-2/h3-4,6-7H,5,8-9H2,1-2H3,(H,14,15). The molecule has 1 aromatic rings. The number of benzene rings is 1. The first-order valence-electron chi connectivity index (χ1n) is 5.58. The minimum Gasteiger partial charge on any atom is -0.469 e. The number of carbonyl (C=O) groups excluding carboxylic acids is 1. The molecule has 1 atom stereocenters. The van der Waals surface area contributed by atoms with Crippen molar-refractivity contribution in [2.24, 2.45) is 0 Å². The van der Waals surface area contributed by atoms with Gasteiger partial charge in [0, 0.05) is 6.42 Å². The number of hydrogen-bond donors (Lipinski definition) is 1. The molecule has 0 fully saturated rings. The Hall–Kier alpha value is -1.32. The normalized spacial score (nSPS) is 13.7. The molecule has 0 spiro atoms. The monoisotopic (exact) mass is 272 g/mol. The molecule has 1 unspecified atom stereocenters. The minimum absolute atomic E-state index is 0.0730. The molecule has 0 aliphatic carbocycles. The van der Waals surface area contributed by atoms with Crippen LogP contribution >= 0.6 is 7.60 Å². The van der Waals surface area contributed by atoms with Gasteiger partial charge in [-0.25, -0.2) is 4.57 Å². The SMILES string of the molecule is COC(=O)CCCP(=O)(O)Oc1ccccc1C. The van der Waals surface area contributed by atoms with E-state index >= 15 is 0 Å². The summed E-state index contributed by atoms with van der Waals surface area (Å²) in [5.74, 6) is -0.00714.